The normalized spacial score (nSPS) is 15.9. The molecule has 0 aliphatic carbocycles. The maximum atomic E-state index is 13.8. The molecule has 30 heavy (non-hydrogen) atoms. The molecule has 1 aliphatic rings. The third-order valence-electron chi connectivity index (χ3n) is 5.26. The summed E-state index contributed by atoms with van der Waals surface area (Å²) in [5, 5.41) is 1.23. The van der Waals surface area contributed by atoms with Gasteiger partial charge in [-0.05, 0) is 30.7 Å². The molecule has 7 heteroatoms. The topological polar surface area (TPSA) is 42.4 Å². The van der Waals surface area contributed by atoms with Crippen LogP contribution in [0.4, 0.5) is 14.6 Å². The van der Waals surface area contributed by atoms with Crippen LogP contribution in [-0.2, 0) is 4.74 Å². The molecule has 1 fully saturated rings. The lowest BCUT2D eigenvalue weighted by atomic mass is 9.94. The fraction of sp³-hybridized carbons (Fsp3) is 0.304. The van der Waals surface area contributed by atoms with E-state index < -0.39 is 11.9 Å². The molecule has 1 saturated heterocycles. The molecule has 0 unspecified atom stereocenters. The predicted molar refractivity (Wildman–Crippen MR) is 115 cm³/mol. The van der Waals surface area contributed by atoms with E-state index in [1.165, 1.54) is 0 Å². The van der Waals surface area contributed by atoms with Gasteiger partial charge in [-0.15, -0.1) is 0 Å². The van der Waals surface area contributed by atoms with E-state index in [1.54, 1.807) is 30.0 Å². The molecule has 4 rings (SSSR count). The van der Waals surface area contributed by atoms with Crippen molar-refractivity contribution < 1.29 is 18.3 Å². The molecule has 0 amide bonds. The summed E-state index contributed by atoms with van der Waals surface area (Å²) in [6, 6.07) is 14.7. The number of alkyl halides is 2. The summed E-state index contributed by atoms with van der Waals surface area (Å²) in [4.78, 5) is 19.5. The van der Waals surface area contributed by atoms with E-state index in [4.69, 9.17) is 21.3 Å². The van der Waals surface area contributed by atoms with Crippen molar-refractivity contribution in [3.05, 3.63) is 59.1 Å². The molecule has 0 radical (unpaired) electrons. The first-order valence-electron chi connectivity index (χ1n) is 9.88. The number of piperidine rings is 1. The number of carbonyl (C=O) groups is 1. The molecule has 1 aliphatic heterocycles. The van der Waals surface area contributed by atoms with E-state index in [9.17, 15) is 13.6 Å². The van der Waals surface area contributed by atoms with Gasteiger partial charge >= 0.3 is 5.97 Å². The average molecular weight is 431 g/mol. The van der Waals surface area contributed by atoms with Crippen LogP contribution in [0, 0.1) is 0 Å². The van der Waals surface area contributed by atoms with Crippen molar-refractivity contribution in [1.82, 2.24) is 4.98 Å². The summed E-state index contributed by atoms with van der Waals surface area (Å²) in [6.07, 6.45) is -0.563. The highest BCUT2D eigenvalue weighted by atomic mass is 35.5. The molecule has 4 nitrogen and oxygen atoms in total. The zero-order valence-corrected chi connectivity index (χ0v) is 17.3. The number of rotatable bonds is 4. The molecule has 2 heterocycles. The monoisotopic (exact) mass is 430 g/mol. The molecule has 3 aromatic rings. The SMILES string of the molecule is CCOC(=O)c1c(N2CCC(F)(F)CC2)nc2ccc(Cl)cc2c1-c1ccccc1. The minimum absolute atomic E-state index is 0.111. The number of hydrogen-bond acceptors (Lipinski definition) is 4. The Morgan fingerprint density at radius 1 is 1.17 bits per heavy atom. The van der Waals surface area contributed by atoms with Gasteiger partial charge in [0.05, 0.1) is 12.1 Å². The molecular weight excluding hydrogens is 410 g/mol. The van der Waals surface area contributed by atoms with Crippen molar-refractivity contribution in [3.63, 3.8) is 0 Å². The Morgan fingerprint density at radius 2 is 1.87 bits per heavy atom. The number of ether oxygens (including phenoxy) is 1. The highest BCUT2D eigenvalue weighted by molar-refractivity contribution is 6.31. The zero-order valence-electron chi connectivity index (χ0n) is 16.5. The Kier molecular flexibility index (Phi) is 5.60. The first-order valence-corrected chi connectivity index (χ1v) is 10.3. The highest BCUT2D eigenvalue weighted by Gasteiger charge is 2.36. The van der Waals surface area contributed by atoms with Crippen molar-refractivity contribution in [2.75, 3.05) is 24.6 Å². The minimum atomic E-state index is -2.70. The first-order chi connectivity index (χ1) is 14.4. The number of halogens is 3. The minimum Gasteiger partial charge on any atom is -0.462 e. The predicted octanol–water partition coefficient (Wildman–Crippen LogP) is 5.97. The highest BCUT2D eigenvalue weighted by Crippen LogP contribution is 2.40. The number of nitrogens with zero attached hydrogens (tertiary/aromatic N) is 2. The third-order valence-corrected chi connectivity index (χ3v) is 5.50. The van der Waals surface area contributed by atoms with Gasteiger partial charge in [0.15, 0.2) is 0 Å². The number of pyridine rings is 1. The smallest absolute Gasteiger partial charge is 0.342 e. The van der Waals surface area contributed by atoms with Gasteiger partial charge in [-0.25, -0.2) is 18.6 Å². The lowest BCUT2D eigenvalue weighted by Crippen LogP contribution is -2.40. The van der Waals surface area contributed by atoms with Crippen LogP contribution in [0.1, 0.15) is 30.1 Å². The Morgan fingerprint density at radius 3 is 2.53 bits per heavy atom. The van der Waals surface area contributed by atoms with Crippen LogP contribution in [-0.4, -0.2) is 36.6 Å². The van der Waals surface area contributed by atoms with Crippen LogP contribution in [0.2, 0.25) is 5.02 Å². The fourth-order valence-electron chi connectivity index (χ4n) is 3.80. The second-order valence-electron chi connectivity index (χ2n) is 7.28. The van der Waals surface area contributed by atoms with Gasteiger partial charge in [0.2, 0.25) is 0 Å². The van der Waals surface area contributed by atoms with E-state index >= 15 is 0 Å². The number of anilines is 1. The summed E-state index contributed by atoms with van der Waals surface area (Å²) in [7, 11) is 0. The second-order valence-corrected chi connectivity index (χ2v) is 7.71. The molecule has 0 saturated carbocycles. The molecule has 0 N–H and O–H groups in total. The molecule has 0 bridgehead atoms. The summed E-state index contributed by atoms with van der Waals surface area (Å²) in [5.74, 6) is -2.86. The Hall–Kier alpha value is -2.73. The molecule has 1 aromatic heterocycles. The van der Waals surface area contributed by atoms with Crippen LogP contribution >= 0.6 is 11.6 Å². The van der Waals surface area contributed by atoms with Gasteiger partial charge in [0, 0.05) is 41.9 Å². The van der Waals surface area contributed by atoms with E-state index in [2.05, 4.69) is 0 Å². The quantitative estimate of drug-likeness (QED) is 0.478. The Balaban J connectivity index is 2.00. The molecule has 2 aromatic carbocycles. The number of hydrogen-bond donors (Lipinski definition) is 0. The fourth-order valence-corrected chi connectivity index (χ4v) is 3.97. The van der Waals surface area contributed by atoms with Crippen molar-refractivity contribution >= 4 is 34.3 Å². The van der Waals surface area contributed by atoms with Crippen molar-refractivity contribution in [1.29, 1.82) is 0 Å². The van der Waals surface area contributed by atoms with Crippen molar-refractivity contribution in [2.24, 2.45) is 0 Å². The standard InChI is InChI=1S/C23H21ClF2N2O2/c1-2-30-22(29)20-19(15-6-4-3-5-7-15)17-14-16(24)8-9-18(17)27-21(20)28-12-10-23(25,26)11-13-28/h3-9,14H,2,10-13H2,1H3. The van der Waals surface area contributed by atoms with Gasteiger partial charge in [-0.3, -0.25) is 0 Å². The van der Waals surface area contributed by atoms with Crippen molar-refractivity contribution in [2.45, 2.75) is 25.7 Å². The second kappa shape index (κ2) is 8.19. The van der Waals surface area contributed by atoms with Crippen LogP contribution in [0.15, 0.2) is 48.5 Å². The first kappa shape index (κ1) is 20.5. The van der Waals surface area contributed by atoms with Gasteiger partial charge < -0.3 is 9.64 Å². The van der Waals surface area contributed by atoms with Gasteiger partial charge in [-0.2, -0.15) is 0 Å². The molecule has 0 spiro atoms. The average Bonchev–Trinajstić information content (AvgIpc) is 2.73. The number of esters is 1. The van der Waals surface area contributed by atoms with E-state index in [-0.39, 0.29) is 38.1 Å². The largest absolute Gasteiger partial charge is 0.462 e. The van der Waals surface area contributed by atoms with Crippen LogP contribution in [0.5, 0.6) is 0 Å². The summed E-state index contributed by atoms with van der Waals surface area (Å²) in [6.45, 7) is 2.14. The maximum absolute atomic E-state index is 13.8. The number of aromatic nitrogens is 1. The van der Waals surface area contributed by atoms with Gasteiger partial charge in [0.1, 0.15) is 11.4 Å². The van der Waals surface area contributed by atoms with E-state index in [0.29, 0.717) is 27.3 Å². The summed E-state index contributed by atoms with van der Waals surface area (Å²) in [5.41, 5.74) is 2.37. The van der Waals surface area contributed by atoms with Crippen LogP contribution < -0.4 is 4.90 Å². The molecular formula is C23H21ClF2N2O2. The lowest BCUT2D eigenvalue weighted by molar-refractivity contribution is -0.0221. The third kappa shape index (κ3) is 3.97. The van der Waals surface area contributed by atoms with Gasteiger partial charge in [0.25, 0.3) is 5.92 Å². The maximum Gasteiger partial charge on any atom is 0.342 e. The van der Waals surface area contributed by atoms with Crippen molar-refractivity contribution in [3.8, 4) is 11.1 Å². The van der Waals surface area contributed by atoms with E-state index in [1.807, 2.05) is 30.3 Å². The summed E-state index contributed by atoms with van der Waals surface area (Å²) >= 11 is 6.25. The number of benzene rings is 2. The lowest BCUT2D eigenvalue weighted by Gasteiger charge is -2.34. The Bertz CT molecular complexity index is 1080. The van der Waals surface area contributed by atoms with Crippen LogP contribution in [0.3, 0.4) is 0 Å². The number of carbonyl (C=O) groups excluding carboxylic acids is 1. The molecule has 156 valence electrons. The van der Waals surface area contributed by atoms with Crippen LogP contribution in [0.25, 0.3) is 22.0 Å². The summed E-state index contributed by atoms with van der Waals surface area (Å²) < 4.78 is 32.9. The zero-order chi connectivity index (χ0) is 21.3. The Labute approximate surface area is 178 Å². The number of fused-ring (bicyclic) bond motifs is 1. The van der Waals surface area contributed by atoms with Gasteiger partial charge in [-0.1, -0.05) is 41.9 Å². The molecule has 0 atom stereocenters. The van der Waals surface area contributed by atoms with E-state index in [0.717, 1.165) is 5.56 Å².